The molecular formula is C14H15NOS. The summed E-state index contributed by atoms with van der Waals surface area (Å²) in [5.41, 5.74) is 9.02. The number of methoxy groups -OCH3 is 1. The van der Waals surface area contributed by atoms with E-state index in [2.05, 4.69) is 12.3 Å². The summed E-state index contributed by atoms with van der Waals surface area (Å²) in [4.78, 5) is 1.17. The monoisotopic (exact) mass is 245 g/mol. The zero-order valence-electron chi connectivity index (χ0n) is 9.94. The van der Waals surface area contributed by atoms with Gasteiger partial charge in [-0.05, 0) is 36.1 Å². The van der Waals surface area contributed by atoms with Gasteiger partial charge in [0.2, 0.25) is 0 Å². The molecule has 2 aromatic carbocycles. The molecule has 3 heteroatoms. The van der Waals surface area contributed by atoms with Gasteiger partial charge < -0.3 is 10.5 Å². The van der Waals surface area contributed by atoms with E-state index in [0.717, 1.165) is 22.6 Å². The zero-order valence-corrected chi connectivity index (χ0v) is 10.8. The lowest BCUT2D eigenvalue weighted by Gasteiger charge is -2.11. The predicted molar refractivity (Wildman–Crippen MR) is 74.6 cm³/mol. The minimum Gasteiger partial charge on any atom is -0.497 e. The van der Waals surface area contributed by atoms with Crippen LogP contribution in [0.15, 0.2) is 47.4 Å². The molecule has 0 fully saturated rings. The lowest BCUT2D eigenvalue weighted by atomic mass is 10.0. The molecule has 0 amide bonds. The molecule has 17 heavy (non-hydrogen) atoms. The molecule has 0 atom stereocenters. The Hall–Kier alpha value is -1.61. The first-order chi connectivity index (χ1) is 8.26. The SMILES string of the molecule is COc1ccc(-c2ccccc2N)c(SC)c1. The maximum Gasteiger partial charge on any atom is 0.120 e. The summed E-state index contributed by atoms with van der Waals surface area (Å²) in [7, 11) is 1.68. The first-order valence-electron chi connectivity index (χ1n) is 5.33. The van der Waals surface area contributed by atoms with E-state index >= 15 is 0 Å². The van der Waals surface area contributed by atoms with Gasteiger partial charge in [0.15, 0.2) is 0 Å². The molecule has 2 rings (SSSR count). The molecule has 0 aliphatic heterocycles. The molecule has 0 spiro atoms. The summed E-state index contributed by atoms with van der Waals surface area (Å²) in [6.45, 7) is 0. The van der Waals surface area contributed by atoms with Crippen molar-refractivity contribution in [3.63, 3.8) is 0 Å². The van der Waals surface area contributed by atoms with Gasteiger partial charge in [-0.15, -0.1) is 11.8 Å². The predicted octanol–water partition coefficient (Wildman–Crippen LogP) is 3.67. The third-order valence-electron chi connectivity index (χ3n) is 2.66. The van der Waals surface area contributed by atoms with Crippen molar-refractivity contribution in [2.75, 3.05) is 19.1 Å². The summed E-state index contributed by atoms with van der Waals surface area (Å²) in [6, 6.07) is 14.0. The molecule has 2 nitrogen and oxygen atoms in total. The number of nitrogen functional groups attached to an aromatic ring is 1. The highest BCUT2D eigenvalue weighted by molar-refractivity contribution is 7.98. The summed E-state index contributed by atoms with van der Waals surface area (Å²) >= 11 is 1.69. The van der Waals surface area contributed by atoms with Gasteiger partial charge in [0.25, 0.3) is 0 Å². The van der Waals surface area contributed by atoms with Crippen molar-refractivity contribution in [1.29, 1.82) is 0 Å². The number of thioether (sulfide) groups is 1. The normalized spacial score (nSPS) is 10.2. The average Bonchev–Trinajstić information content (AvgIpc) is 2.38. The molecule has 2 aromatic rings. The van der Waals surface area contributed by atoms with Crippen LogP contribution >= 0.6 is 11.8 Å². The van der Waals surface area contributed by atoms with Crippen molar-refractivity contribution in [3.8, 4) is 16.9 Å². The van der Waals surface area contributed by atoms with Crippen molar-refractivity contribution in [2.24, 2.45) is 0 Å². The Labute approximate surface area is 106 Å². The molecule has 0 aliphatic rings. The number of nitrogens with two attached hydrogens (primary N) is 1. The van der Waals surface area contributed by atoms with E-state index in [4.69, 9.17) is 10.5 Å². The number of benzene rings is 2. The van der Waals surface area contributed by atoms with Crippen LogP contribution in [0.4, 0.5) is 5.69 Å². The maximum absolute atomic E-state index is 6.01. The van der Waals surface area contributed by atoms with Crippen molar-refractivity contribution in [1.82, 2.24) is 0 Å². The highest BCUT2D eigenvalue weighted by Gasteiger charge is 2.08. The lowest BCUT2D eigenvalue weighted by molar-refractivity contribution is 0.414. The van der Waals surface area contributed by atoms with E-state index in [-0.39, 0.29) is 0 Å². The van der Waals surface area contributed by atoms with Crippen LogP contribution in [-0.4, -0.2) is 13.4 Å². The largest absolute Gasteiger partial charge is 0.497 e. The third kappa shape index (κ3) is 2.39. The molecule has 2 N–H and O–H groups in total. The molecule has 0 unspecified atom stereocenters. The van der Waals surface area contributed by atoms with Crippen molar-refractivity contribution in [3.05, 3.63) is 42.5 Å². The summed E-state index contributed by atoms with van der Waals surface area (Å²) in [6.07, 6.45) is 2.05. The number of rotatable bonds is 3. The van der Waals surface area contributed by atoms with Crippen LogP contribution in [0.3, 0.4) is 0 Å². The van der Waals surface area contributed by atoms with Crippen LogP contribution in [0, 0.1) is 0 Å². The minimum absolute atomic E-state index is 0.799. The van der Waals surface area contributed by atoms with Crippen LogP contribution in [0.2, 0.25) is 0 Å². The fourth-order valence-electron chi connectivity index (χ4n) is 1.76. The topological polar surface area (TPSA) is 35.2 Å². The van der Waals surface area contributed by atoms with Gasteiger partial charge in [0.05, 0.1) is 7.11 Å². The number of para-hydroxylation sites is 1. The van der Waals surface area contributed by atoms with Crippen LogP contribution in [-0.2, 0) is 0 Å². The van der Waals surface area contributed by atoms with Gasteiger partial charge in [-0.25, -0.2) is 0 Å². The summed E-state index contributed by atoms with van der Waals surface area (Å²) in [5, 5.41) is 0. The van der Waals surface area contributed by atoms with Crippen molar-refractivity contribution in [2.45, 2.75) is 4.90 Å². The smallest absolute Gasteiger partial charge is 0.120 e. The van der Waals surface area contributed by atoms with Gasteiger partial charge in [-0.3, -0.25) is 0 Å². The highest BCUT2D eigenvalue weighted by atomic mass is 32.2. The fourth-order valence-corrected chi connectivity index (χ4v) is 2.40. The van der Waals surface area contributed by atoms with E-state index in [9.17, 15) is 0 Å². The maximum atomic E-state index is 6.01. The number of anilines is 1. The number of hydrogen-bond acceptors (Lipinski definition) is 3. The molecule has 0 aromatic heterocycles. The van der Waals surface area contributed by atoms with Gasteiger partial charge in [0.1, 0.15) is 5.75 Å². The summed E-state index contributed by atoms with van der Waals surface area (Å²) < 4.78 is 5.23. The van der Waals surface area contributed by atoms with Crippen LogP contribution in [0.1, 0.15) is 0 Å². The molecule has 0 saturated heterocycles. The second-order valence-corrected chi connectivity index (χ2v) is 4.50. The molecule has 88 valence electrons. The Morgan fingerprint density at radius 2 is 1.82 bits per heavy atom. The first-order valence-corrected chi connectivity index (χ1v) is 6.55. The van der Waals surface area contributed by atoms with Gasteiger partial charge in [0, 0.05) is 16.1 Å². The second-order valence-electron chi connectivity index (χ2n) is 3.65. The number of ether oxygens (including phenoxy) is 1. The minimum atomic E-state index is 0.799. The molecule has 0 radical (unpaired) electrons. The highest BCUT2D eigenvalue weighted by Crippen LogP contribution is 2.35. The molecule has 0 aliphatic carbocycles. The van der Waals surface area contributed by atoms with Gasteiger partial charge in [-0.2, -0.15) is 0 Å². The van der Waals surface area contributed by atoms with E-state index < -0.39 is 0 Å². The standard InChI is InChI=1S/C14H15NOS/c1-16-10-7-8-12(14(9-10)17-2)11-5-3-4-6-13(11)15/h3-9H,15H2,1-2H3. The Bertz CT molecular complexity index is 525. The van der Waals surface area contributed by atoms with E-state index in [1.54, 1.807) is 18.9 Å². The lowest BCUT2D eigenvalue weighted by Crippen LogP contribution is -1.91. The van der Waals surface area contributed by atoms with Crippen LogP contribution in [0.5, 0.6) is 5.75 Å². The average molecular weight is 245 g/mol. The molecule has 0 saturated carbocycles. The van der Waals surface area contributed by atoms with Crippen LogP contribution < -0.4 is 10.5 Å². The number of hydrogen-bond donors (Lipinski definition) is 1. The van der Waals surface area contributed by atoms with Crippen molar-refractivity contribution >= 4 is 17.4 Å². The van der Waals surface area contributed by atoms with E-state index in [0.29, 0.717) is 0 Å². The Morgan fingerprint density at radius 3 is 2.47 bits per heavy atom. The van der Waals surface area contributed by atoms with Gasteiger partial charge in [-0.1, -0.05) is 18.2 Å². The Kier molecular flexibility index (Phi) is 3.59. The van der Waals surface area contributed by atoms with E-state index in [1.165, 1.54) is 4.90 Å². The van der Waals surface area contributed by atoms with E-state index in [1.807, 2.05) is 36.4 Å². The first kappa shape index (κ1) is 11.9. The third-order valence-corrected chi connectivity index (χ3v) is 3.44. The molecule has 0 bridgehead atoms. The van der Waals surface area contributed by atoms with Crippen LogP contribution in [0.25, 0.3) is 11.1 Å². The fraction of sp³-hybridized carbons (Fsp3) is 0.143. The Morgan fingerprint density at radius 1 is 1.06 bits per heavy atom. The Balaban J connectivity index is 2.56. The summed E-state index contributed by atoms with van der Waals surface area (Å²) in [5.74, 6) is 0.868. The molecule has 0 heterocycles. The zero-order chi connectivity index (χ0) is 12.3. The van der Waals surface area contributed by atoms with Gasteiger partial charge >= 0.3 is 0 Å². The quantitative estimate of drug-likeness (QED) is 0.662. The second kappa shape index (κ2) is 5.15. The molecular weight excluding hydrogens is 230 g/mol. The van der Waals surface area contributed by atoms with Crippen molar-refractivity contribution < 1.29 is 4.74 Å².